The van der Waals surface area contributed by atoms with Crippen LogP contribution in [0.3, 0.4) is 0 Å². The lowest BCUT2D eigenvalue weighted by molar-refractivity contribution is 0.220. The molecule has 1 fully saturated rings. The highest BCUT2D eigenvalue weighted by molar-refractivity contribution is 5.48. The Morgan fingerprint density at radius 1 is 1.20 bits per heavy atom. The second-order valence-electron chi connectivity index (χ2n) is 6.18. The van der Waals surface area contributed by atoms with E-state index in [1.807, 2.05) is 0 Å². The molecule has 0 radical (unpaired) electrons. The zero-order valence-corrected chi connectivity index (χ0v) is 13.2. The molecule has 20 heavy (non-hydrogen) atoms. The van der Waals surface area contributed by atoms with Crippen LogP contribution in [0.4, 0.5) is 5.69 Å². The number of nitrogens with zero attached hydrogens (tertiary/aromatic N) is 2. The van der Waals surface area contributed by atoms with Crippen LogP contribution in [0.2, 0.25) is 0 Å². The van der Waals surface area contributed by atoms with Gasteiger partial charge in [-0.1, -0.05) is 32.4 Å². The number of rotatable bonds is 5. The Balaban J connectivity index is 1.83. The van der Waals surface area contributed by atoms with Gasteiger partial charge in [0.05, 0.1) is 0 Å². The molecule has 0 bridgehead atoms. The summed E-state index contributed by atoms with van der Waals surface area (Å²) in [4.78, 5) is 5.00. The lowest BCUT2D eigenvalue weighted by atomic mass is 9.99. The SMILES string of the molecule is CCC(C)[C@H](N)CN1CCN(c2cccc(C)c2)CC1. The zero-order valence-electron chi connectivity index (χ0n) is 13.2. The van der Waals surface area contributed by atoms with Gasteiger partial charge >= 0.3 is 0 Å². The standard InChI is InChI=1S/C17H29N3/c1-4-15(3)17(18)13-19-8-10-20(11-9-19)16-7-5-6-14(2)12-16/h5-7,12,15,17H,4,8-11,13,18H2,1-3H3/t15?,17-/m1/s1. The van der Waals surface area contributed by atoms with Gasteiger partial charge in [-0.15, -0.1) is 0 Å². The smallest absolute Gasteiger partial charge is 0.0369 e. The van der Waals surface area contributed by atoms with Crippen molar-refractivity contribution in [1.29, 1.82) is 0 Å². The predicted molar refractivity (Wildman–Crippen MR) is 87.3 cm³/mol. The van der Waals surface area contributed by atoms with Crippen molar-refractivity contribution < 1.29 is 0 Å². The Morgan fingerprint density at radius 2 is 1.90 bits per heavy atom. The minimum Gasteiger partial charge on any atom is -0.369 e. The highest BCUT2D eigenvalue weighted by atomic mass is 15.3. The van der Waals surface area contributed by atoms with Crippen LogP contribution in [-0.2, 0) is 0 Å². The summed E-state index contributed by atoms with van der Waals surface area (Å²) in [5.41, 5.74) is 8.96. The molecule has 112 valence electrons. The second kappa shape index (κ2) is 7.09. The van der Waals surface area contributed by atoms with Crippen LogP contribution in [-0.4, -0.2) is 43.7 Å². The summed E-state index contributed by atoms with van der Waals surface area (Å²) in [6.45, 7) is 12.1. The summed E-state index contributed by atoms with van der Waals surface area (Å²) in [5.74, 6) is 0.616. The molecule has 0 aliphatic carbocycles. The van der Waals surface area contributed by atoms with Crippen LogP contribution in [0.5, 0.6) is 0 Å². The molecule has 3 heteroatoms. The van der Waals surface area contributed by atoms with Gasteiger partial charge < -0.3 is 10.6 Å². The molecule has 1 saturated heterocycles. The number of benzene rings is 1. The molecule has 1 aromatic carbocycles. The molecule has 2 atom stereocenters. The molecule has 3 nitrogen and oxygen atoms in total. The van der Waals surface area contributed by atoms with Crippen molar-refractivity contribution in [1.82, 2.24) is 4.90 Å². The van der Waals surface area contributed by atoms with Crippen LogP contribution < -0.4 is 10.6 Å². The first-order chi connectivity index (χ1) is 9.60. The van der Waals surface area contributed by atoms with Crippen molar-refractivity contribution in [3.8, 4) is 0 Å². The van der Waals surface area contributed by atoms with Crippen molar-refractivity contribution in [2.75, 3.05) is 37.6 Å². The number of anilines is 1. The minimum atomic E-state index is 0.311. The van der Waals surface area contributed by atoms with E-state index >= 15 is 0 Å². The highest BCUT2D eigenvalue weighted by Gasteiger charge is 2.20. The first kappa shape index (κ1) is 15.3. The summed E-state index contributed by atoms with van der Waals surface area (Å²) >= 11 is 0. The maximum Gasteiger partial charge on any atom is 0.0369 e. The maximum absolute atomic E-state index is 6.27. The summed E-state index contributed by atoms with van der Waals surface area (Å²) < 4.78 is 0. The lowest BCUT2D eigenvalue weighted by Crippen LogP contribution is -2.51. The van der Waals surface area contributed by atoms with Crippen molar-refractivity contribution in [3.63, 3.8) is 0 Å². The van der Waals surface area contributed by atoms with E-state index in [2.05, 4.69) is 54.8 Å². The quantitative estimate of drug-likeness (QED) is 0.896. The van der Waals surface area contributed by atoms with Gasteiger partial charge in [-0.05, 0) is 30.5 Å². The molecule has 0 amide bonds. The van der Waals surface area contributed by atoms with E-state index in [9.17, 15) is 0 Å². The van der Waals surface area contributed by atoms with Gasteiger partial charge in [0, 0.05) is 44.5 Å². The number of hydrogen-bond donors (Lipinski definition) is 1. The fourth-order valence-corrected chi connectivity index (χ4v) is 2.79. The molecular weight excluding hydrogens is 246 g/mol. The molecule has 1 aromatic rings. The molecule has 0 saturated carbocycles. The average Bonchev–Trinajstić information content (AvgIpc) is 2.47. The molecule has 1 heterocycles. The maximum atomic E-state index is 6.27. The second-order valence-corrected chi connectivity index (χ2v) is 6.18. The van der Waals surface area contributed by atoms with E-state index in [-0.39, 0.29) is 0 Å². The third-order valence-electron chi connectivity index (χ3n) is 4.58. The highest BCUT2D eigenvalue weighted by Crippen LogP contribution is 2.18. The van der Waals surface area contributed by atoms with Gasteiger partial charge in [-0.2, -0.15) is 0 Å². The van der Waals surface area contributed by atoms with E-state index in [0.29, 0.717) is 12.0 Å². The molecule has 0 aromatic heterocycles. The number of hydrogen-bond acceptors (Lipinski definition) is 3. The molecule has 1 unspecified atom stereocenters. The molecule has 2 N–H and O–H groups in total. The van der Waals surface area contributed by atoms with Gasteiger partial charge in [0.15, 0.2) is 0 Å². The van der Waals surface area contributed by atoms with Gasteiger partial charge in [0.2, 0.25) is 0 Å². The third-order valence-corrected chi connectivity index (χ3v) is 4.58. The fraction of sp³-hybridized carbons (Fsp3) is 0.647. The van der Waals surface area contributed by atoms with Gasteiger partial charge in [0.25, 0.3) is 0 Å². The largest absolute Gasteiger partial charge is 0.369 e. The Kier molecular flexibility index (Phi) is 5.44. The van der Waals surface area contributed by atoms with Crippen LogP contribution >= 0.6 is 0 Å². The van der Waals surface area contributed by atoms with Crippen molar-refractivity contribution in [2.45, 2.75) is 33.2 Å². The Bertz CT molecular complexity index is 410. The van der Waals surface area contributed by atoms with E-state index in [4.69, 9.17) is 5.73 Å². The minimum absolute atomic E-state index is 0.311. The normalized spacial score (nSPS) is 19.9. The molecular formula is C17H29N3. The third kappa shape index (κ3) is 3.97. The van der Waals surface area contributed by atoms with Gasteiger partial charge in [0.1, 0.15) is 0 Å². The number of piperazine rings is 1. The van der Waals surface area contributed by atoms with E-state index in [0.717, 1.165) is 32.7 Å². The lowest BCUT2D eigenvalue weighted by Gasteiger charge is -2.38. The van der Waals surface area contributed by atoms with Gasteiger partial charge in [-0.25, -0.2) is 0 Å². The van der Waals surface area contributed by atoms with E-state index < -0.39 is 0 Å². The number of nitrogens with two attached hydrogens (primary N) is 1. The predicted octanol–water partition coefficient (Wildman–Crippen LogP) is 2.49. The Hall–Kier alpha value is -1.06. The summed E-state index contributed by atoms with van der Waals surface area (Å²) in [5, 5.41) is 0. The molecule has 1 aliphatic heterocycles. The number of aryl methyl sites for hydroxylation is 1. The molecule has 2 rings (SSSR count). The van der Waals surface area contributed by atoms with Crippen molar-refractivity contribution >= 4 is 5.69 Å². The Labute approximate surface area is 123 Å². The summed E-state index contributed by atoms with van der Waals surface area (Å²) in [6.07, 6.45) is 1.17. The average molecular weight is 275 g/mol. The first-order valence-corrected chi connectivity index (χ1v) is 7.89. The van der Waals surface area contributed by atoms with Crippen LogP contribution in [0.15, 0.2) is 24.3 Å². The molecule has 1 aliphatic rings. The monoisotopic (exact) mass is 275 g/mol. The fourth-order valence-electron chi connectivity index (χ4n) is 2.79. The summed E-state index contributed by atoms with van der Waals surface area (Å²) in [7, 11) is 0. The topological polar surface area (TPSA) is 32.5 Å². The van der Waals surface area contributed by atoms with Crippen LogP contribution in [0.25, 0.3) is 0 Å². The first-order valence-electron chi connectivity index (χ1n) is 7.89. The summed E-state index contributed by atoms with van der Waals surface area (Å²) in [6, 6.07) is 9.11. The van der Waals surface area contributed by atoms with Crippen molar-refractivity contribution in [3.05, 3.63) is 29.8 Å². The zero-order chi connectivity index (χ0) is 14.5. The van der Waals surface area contributed by atoms with E-state index in [1.54, 1.807) is 0 Å². The Morgan fingerprint density at radius 3 is 2.50 bits per heavy atom. The van der Waals surface area contributed by atoms with Gasteiger partial charge in [-0.3, -0.25) is 4.90 Å². The molecule has 0 spiro atoms. The van der Waals surface area contributed by atoms with E-state index in [1.165, 1.54) is 17.7 Å². The van der Waals surface area contributed by atoms with Crippen LogP contribution in [0.1, 0.15) is 25.8 Å². The van der Waals surface area contributed by atoms with Crippen LogP contribution in [0, 0.1) is 12.8 Å². The van der Waals surface area contributed by atoms with Crippen molar-refractivity contribution in [2.24, 2.45) is 11.7 Å².